The van der Waals surface area contributed by atoms with Crippen molar-refractivity contribution in [2.45, 2.75) is 39.8 Å². The molecule has 1 rings (SSSR count). The van der Waals surface area contributed by atoms with Gasteiger partial charge < -0.3 is 15.4 Å². The molecule has 0 aliphatic heterocycles. The Labute approximate surface area is 115 Å². The molecule has 1 aromatic carbocycles. The quantitative estimate of drug-likeness (QED) is 0.828. The normalized spacial score (nSPS) is 12.3. The Balaban J connectivity index is 2.75. The molecule has 2 N–H and O–H groups in total. The molecule has 1 unspecified atom stereocenters. The van der Waals surface area contributed by atoms with Crippen molar-refractivity contribution in [2.75, 3.05) is 13.7 Å². The largest absolute Gasteiger partial charge is 0.483 e. The highest BCUT2D eigenvalue weighted by molar-refractivity contribution is 5.77. The van der Waals surface area contributed by atoms with E-state index >= 15 is 0 Å². The van der Waals surface area contributed by atoms with Crippen molar-refractivity contribution in [3.63, 3.8) is 0 Å². The molecule has 0 spiro atoms. The second-order valence-corrected chi connectivity index (χ2v) is 5.06. The zero-order valence-electron chi connectivity index (χ0n) is 12.4. The summed E-state index contributed by atoms with van der Waals surface area (Å²) in [4.78, 5) is 11.6. The number of amides is 1. The molecule has 0 saturated carbocycles. The maximum absolute atomic E-state index is 11.6. The van der Waals surface area contributed by atoms with Crippen LogP contribution in [-0.4, -0.2) is 25.6 Å². The molecule has 0 saturated heterocycles. The lowest BCUT2D eigenvalue weighted by atomic mass is 10.0. The summed E-state index contributed by atoms with van der Waals surface area (Å²) in [5.74, 6) is 0.657. The van der Waals surface area contributed by atoms with Crippen LogP contribution in [0, 0.1) is 6.92 Å². The molecule has 0 aliphatic carbocycles. The summed E-state index contributed by atoms with van der Waals surface area (Å²) < 4.78 is 5.63. The molecular formula is C15H24N2O2. The zero-order valence-corrected chi connectivity index (χ0v) is 12.4. The predicted molar refractivity (Wildman–Crippen MR) is 77.4 cm³/mol. The third kappa shape index (κ3) is 4.91. The SMILES string of the molecule is CNC(C)c1cc(C)ccc1OCC(=O)NC(C)C. The van der Waals surface area contributed by atoms with Gasteiger partial charge in [0.2, 0.25) is 0 Å². The van der Waals surface area contributed by atoms with Crippen LogP contribution in [0.2, 0.25) is 0 Å². The Morgan fingerprint density at radius 2 is 2.00 bits per heavy atom. The molecule has 106 valence electrons. The summed E-state index contributed by atoms with van der Waals surface area (Å²) >= 11 is 0. The number of carbonyl (C=O) groups is 1. The van der Waals surface area contributed by atoms with E-state index in [0.29, 0.717) is 0 Å². The van der Waals surface area contributed by atoms with E-state index in [2.05, 4.69) is 23.6 Å². The van der Waals surface area contributed by atoms with Crippen LogP contribution in [0.15, 0.2) is 18.2 Å². The first-order valence-corrected chi connectivity index (χ1v) is 6.64. The minimum atomic E-state index is -0.0985. The molecular weight excluding hydrogens is 240 g/mol. The molecule has 19 heavy (non-hydrogen) atoms. The van der Waals surface area contributed by atoms with Crippen LogP contribution in [0.3, 0.4) is 0 Å². The number of hydrogen-bond acceptors (Lipinski definition) is 3. The van der Waals surface area contributed by atoms with Gasteiger partial charge in [0.1, 0.15) is 5.75 Å². The first-order valence-electron chi connectivity index (χ1n) is 6.64. The lowest BCUT2D eigenvalue weighted by molar-refractivity contribution is -0.123. The number of nitrogens with one attached hydrogen (secondary N) is 2. The third-order valence-corrected chi connectivity index (χ3v) is 2.87. The smallest absolute Gasteiger partial charge is 0.258 e. The van der Waals surface area contributed by atoms with E-state index in [1.807, 2.05) is 40.0 Å². The van der Waals surface area contributed by atoms with Crippen molar-refractivity contribution in [3.05, 3.63) is 29.3 Å². The van der Waals surface area contributed by atoms with Gasteiger partial charge in [0.25, 0.3) is 5.91 Å². The van der Waals surface area contributed by atoms with E-state index in [0.717, 1.165) is 11.3 Å². The molecule has 4 nitrogen and oxygen atoms in total. The summed E-state index contributed by atoms with van der Waals surface area (Å²) in [5, 5.41) is 6.00. The van der Waals surface area contributed by atoms with Gasteiger partial charge >= 0.3 is 0 Å². The minimum Gasteiger partial charge on any atom is -0.483 e. The molecule has 1 atom stereocenters. The number of rotatable bonds is 6. The number of aryl methyl sites for hydroxylation is 1. The van der Waals surface area contributed by atoms with Gasteiger partial charge in [0.05, 0.1) is 0 Å². The van der Waals surface area contributed by atoms with Crippen molar-refractivity contribution in [2.24, 2.45) is 0 Å². The van der Waals surface area contributed by atoms with Gasteiger partial charge in [-0.2, -0.15) is 0 Å². The van der Waals surface area contributed by atoms with Crippen LogP contribution in [-0.2, 0) is 4.79 Å². The van der Waals surface area contributed by atoms with Crippen LogP contribution in [0.1, 0.15) is 37.9 Å². The fourth-order valence-corrected chi connectivity index (χ4v) is 1.80. The first-order chi connectivity index (χ1) is 8.93. The average molecular weight is 264 g/mol. The van der Waals surface area contributed by atoms with E-state index in [9.17, 15) is 4.79 Å². The second kappa shape index (κ2) is 7.14. The van der Waals surface area contributed by atoms with E-state index in [1.165, 1.54) is 5.56 Å². The second-order valence-electron chi connectivity index (χ2n) is 5.06. The van der Waals surface area contributed by atoms with E-state index in [1.54, 1.807) is 0 Å². The Bertz CT molecular complexity index is 430. The summed E-state index contributed by atoms with van der Waals surface area (Å²) in [6.45, 7) is 8.01. The summed E-state index contributed by atoms with van der Waals surface area (Å²) in [5.41, 5.74) is 2.25. The molecule has 0 fully saturated rings. The van der Waals surface area contributed by atoms with Gasteiger partial charge in [-0.3, -0.25) is 4.79 Å². The maximum atomic E-state index is 11.6. The van der Waals surface area contributed by atoms with Crippen molar-refractivity contribution >= 4 is 5.91 Å². The average Bonchev–Trinajstić information content (AvgIpc) is 2.35. The maximum Gasteiger partial charge on any atom is 0.258 e. The van der Waals surface area contributed by atoms with Gasteiger partial charge in [-0.1, -0.05) is 17.7 Å². The van der Waals surface area contributed by atoms with Gasteiger partial charge in [0.15, 0.2) is 6.61 Å². The zero-order chi connectivity index (χ0) is 14.4. The fourth-order valence-electron chi connectivity index (χ4n) is 1.80. The fraction of sp³-hybridized carbons (Fsp3) is 0.533. The Hall–Kier alpha value is -1.55. The summed E-state index contributed by atoms with van der Waals surface area (Å²) in [6.07, 6.45) is 0. The lowest BCUT2D eigenvalue weighted by Gasteiger charge is -2.17. The molecule has 0 aromatic heterocycles. The highest BCUT2D eigenvalue weighted by atomic mass is 16.5. The van der Waals surface area contributed by atoms with Gasteiger partial charge in [-0.15, -0.1) is 0 Å². The van der Waals surface area contributed by atoms with E-state index in [4.69, 9.17) is 4.74 Å². The molecule has 1 amide bonds. The van der Waals surface area contributed by atoms with Crippen LogP contribution in [0.25, 0.3) is 0 Å². The van der Waals surface area contributed by atoms with Crippen LogP contribution >= 0.6 is 0 Å². The number of benzene rings is 1. The lowest BCUT2D eigenvalue weighted by Crippen LogP contribution is -2.34. The summed E-state index contributed by atoms with van der Waals surface area (Å²) in [6, 6.07) is 6.30. The molecule has 4 heteroatoms. The third-order valence-electron chi connectivity index (χ3n) is 2.87. The Kier molecular flexibility index (Phi) is 5.83. The van der Waals surface area contributed by atoms with Crippen molar-refractivity contribution in [3.8, 4) is 5.75 Å². The first kappa shape index (κ1) is 15.5. The molecule has 0 heterocycles. The van der Waals surface area contributed by atoms with Gasteiger partial charge in [0, 0.05) is 17.6 Å². The Morgan fingerprint density at radius 3 is 2.58 bits per heavy atom. The molecule has 0 radical (unpaired) electrons. The molecule has 1 aromatic rings. The number of carbonyl (C=O) groups excluding carboxylic acids is 1. The van der Waals surface area contributed by atoms with E-state index in [-0.39, 0.29) is 24.6 Å². The Morgan fingerprint density at radius 1 is 1.32 bits per heavy atom. The standard InChI is InChI=1S/C15H24N2O2/c1-10(2)17-15(18)9-19-14-7-6-11(3)8-13(14)12(4)16-5/h6-8,10,12,16H,9H2,1-5H3,(H,17,18). The molecule has 0 bridgehead atoms. The number of ether oxygens (including phenoxy) is 1. The van der Waals surface area contributed by atoms with Crippen LogP contribution in [0.5, 0.6) is 5.75 Å². The van der Waals surface area contributed by atoms with Gasteiger partial charge in [-0.25, -0.2) is 0 Å². The van der Waals surface area contributed by atoms with Gasteiger partial charge in [-0.05, 0) is 40.8 Å². The van der Waals surface area contributed by atoms with Crippen LogP contribution in [0.4, 0.5) is 0 Å². The van der Waals surface area contributed by atoms with Crippen molar-refractivity contribution in [1.82, 2.24) is 10.6 Å². The minimum absolute atomic E-state index is 0.0463. The predicted octanol–water partition coefficient (Wildman–Crippen LogP) is 2.18. The monoisotopic (exact) mass is 264 g/mol. The highest BCUT2D eigenvalue weighted by Crippen LogP contribution is 2.26. The number of hydrogen-bond donors (Lipinski definition) is 2. The molecule has 0 aliphatic rings. The highest BCUT2D eigenvalue weighted by Gasteiger charge is 2.12. The van der Waals surface area contributed by atoms with E-state index < -0.39 is 0 Å². The van der Waals surface area contributed by atoms with Crippen LogP contribution < -0.4 is 15.4 Å². The summed E-state index contributed by atoms with van der Waals surface area (Å²) in [7, 11) is 1.91. The topological polar surface area (TPSA) is 50.4 Å². The van der Waals surface area contributed by atoms with Crippen molar-refractivity contribution in [1.29, 1.82) is 0 Å². The van der Waals surface area contributed by atoms with Crippen molar-refractivity contribution < 1.29 is 9.53 Å².